The van der Waals surface area contributed by atoms with Crippen molar-refractivity contribution in [1.29, 1.82) is 0 Å². The number of hydrogen-bond acceptors (Lipinski definition) is 6. The summed E-state index contributed by atoms with van der Waals surface area (Å²) in [6.45, 7) is 9.04. The lowest BCUT2D eigenvalue weighted by Gasteiger charge is -2.40. The third-order valence-electron chi connectivity index (χ3n) is 5.91. The van der Waals surface area contributed by atoms with Crippen molar-refractivity contribution >= 4 is 11.7 Å². The maximum absolute atomic E-state index is 12.7. The number of pyridine rings is 1. The quantitative estimate of drug-likeness (QED) is 0.826. The van der Waals surface area contributed by atoms with Gasteiger partial charge in [0.05, 0.1) is 13.2 Å². The molecule has 0 aliphatic carbocycles. The number of nitrogens with one attached hydrogen (secondary N) is 1. The van der Waals surface area contributed by atoms with E-state index in [2.05, 4.69) is 37.1 Å². The fourth-order valence-corrected chi connectivity index (χ4v) is 4.42. The zero-order valence-electron chi connectivity index (χ0n) is 16.1. The Bertz CT molecular complexity index is 600. The highest BCUT2D eigenvalue weighted by Gasteiger charge is 2.31. The Kier molecular flexibility index (Phi) is 6.21. The van der Waals surface area contributed by atoms with Crippen molar-refractivity contribution in [2.75, 3.05) is 70.5 Å². The molecule has 7 heteroatoms. The van der Waals surface area contributed by atoms with Gasteiger partial charge in [-0.1, -0.05) is 6.07 Å². The number of anilines is 1. The van der Waals surface area contributed by atoms with E-state index in [-0.39, 0.29) is 11.9 Å². The minimum atomic E-state index is -0.153. The monoisotopic (exact) mass is 373 g/mol. The van der Waals surface area contributed by atoms with Gasteiger partial charge in [0.2, 0.25) is 5.91 Å². The molecular weight excluding hydrogens is 342 g/mol. The SMILES string of the molecule is O=C(C1COCCN1)N1CCCC(CN2CCN(c3ccccn3)CC2)C1. The molecule has 7 nitrogen and oxygen atoms in total. The number of ether oxygens (including phenoxy) is 1. The first-order valence-electron chi connectivity index (χ1n) is 10.3. The van der Waals surface area contributed by atoms with Crippen LogP contribution in [0.4, 0.5) is 5.82 Å². The van der Waals surface area contributed by atoms with Gasteiger partial charge in [0, 0.05) is 58.6 Å². The second-order valence-corrected chi connectivity index (χ2v) is 7.85. The van der Waals surface area contributed by atoms with E-state index >= 15 is 0 Å². The van der Waals surface area contributed by atoms with Crippen molar-refractivity contribution in [3.63, 3.8) is 0 Å². The number of piperidine rings is 1. The van der Waals surface area contributed by atoms with Crippen LogP contribution >= 0.6 is 0 Å². The summed E-state index contributed by atoms with van der Waals surface area (Å²) in [6, 6.07) is 5.95. The Morgan fingerprint density at radius 3 is 2.85 bits per heavy atom. The lowest BCUT2D eigenvalue weighted by molar-refractivity contribution is -0.138. The predicted molar refractivity (Wildman–Crippen MR) is 105 cm³/mol. The van der Waals surface area contributed by atoms with Crippen molar-refractivity contribution in [1.82, 2.24) is 20.1 Å². The zero-order valence-corrected chi connectivity index (χ0v) is 16.1. The molecular formula is C20H31N5O2. The van der Waals surface area contributed by atoms with E-state index in [0.29, 0.717) is 19.1 Å². The molecule has 2 unspecified atom stereocenters. The number of rotatable bonds is 4. The molecule has 0 aromatic carbocycles. The average molecular weight is 374 g/mol. The summed E-state index contributed by atoms with van der Waals surface area (Å²) in [5.74, 6) is 1.88. The van der Waals surface area contributed by atoms with Gasteiger partial charge in [-0.25, -0.2) is 4.98 Å². The van der Waals surface area contributed by atoms with Gasteiger partial charge in [-0.3, -0.25) is 9.69 Å². The van der Waals surface area contributed by atoms with Crippen LogP contribution in [-0.4, -0.2) is 92.3 Å². The van der Waals surface area contributed by atoms with Crippen LogP contribution in [0.2, 0.25) is 0 Å². The first-order valence-corrected chi connectivity index (χ1v) is 10.3. The number of piperazine rings is 1. The van der Waals surface area contributed by atoms with Crippen LogP contribution in [0.15, 0.2) is 24.4 Å². The highest BCUT2D eigenvalue weighted by Crippen LogP contribution is 2.20. The van der Waals surface area contributed by atoms with E-state index < -0.39 is 0 Å². The summed E-state index contributed by atoms with van der Waals surface area (Å²) < 4.78 is 5.46. The summed E-state index contributed by atoms with van der Waals surface area (Å²) >= 11 is 0. The largest absolute Gasteiger partial charge is 0.378 e. The minimum Gasteiger partial charge on any atom is -0.378 e. The molecule has 3 saturated heterocycles. The van der Waals surface area contributed by atoms with Gasteiger partial charge in [0.15, 0.2) is 0 Å². The molecule has 1 aromatic heterocycles. The van der Waals surface area contributed by atoms with Crippen LogP contribution in [0.3, 0.4) is 0 Å². The summed E-state index contributed by atoms with van der Waals surface area (Å²) in [5, 5.41) is 3.29. The van der Waals surface area contributed by atoms with Crippen LogP contribution in [0.25, 0.3) is 0 Å². The Labute approximate surface area is 161 Å². The molecule has 0 bridgehead atoms. The molecule has 2 atom stereocenters. The van der Waals surface area contributed by atoms with E-state index in [9.17, 15) is 4.79 Å². The highest BCUT2D eigenvalue weighted by atomic mass is 16.5. The van der Waals surface area contributed by atoms with E-state index in [1.165, 1.54) is 6.42 Å². The summed E-state index contributed by atoms with van der Waals surface area (Å²) in [6.07, 6.45) is 4.19. The van der Waals surface area contributed by atoms with Gasteiger partial charge in [-0.05, 0) is 30.9 Å². The van der Waals surface area contributed by atoms with E-state index in [1.54, 1.807) is 0 Å². The molecule has 0 radical (unpaired) electrons. The Balaban J connectivity index is 1.24. The number of nitrogens with zero attached hydrogens (tertiary/aromatic N) is 4. The van der Waals surface area contributed by atoms with Crippen LogP contribution in [0, 0.1) is 5.92 Å². The van der Waals surface area contributed by atoms with Crippen molar-refractivity contribution < 1.29 is 9.53 Å². The van der Waals surface area contributed by atoms with E-state index in [4.69, 9.17) is 4.74 Å². The van der Waals surface area contributed by atoms with Crippen LogP contribution in [0.1, 0.15) is 12.8 Å². The van der Waals surface area contributed by atoms with Gasteiger partial charge in [0.25, 0.3) is 0 Å². The van der Waals surface area contributed by atoms with Crippen molar-refractivity contribution in [3.05, 3.63) is 24.4 Å². The van der Waals surface area contributed by atoms with Gasteiger partial charge < -0.3 is 19.9 Å². The number of aromatic nitrogens is 1. The number of hydrogen-bond donors (Lipinski definition) is 1. The van der Waals surface area contributed by atoms with Crippen molar-refractivity contribution in [3.8, 4) is 0 Å². The maximum atomic E-state index is 12.7. The standard InChI is InChI=1S/C20H31N5O2/c26-20(18-16-27-13-7-21-18)25-8-3-4-17(15-25)14-23-9-11-24(12-10-23)19-5-1-2-6-22-19/h1-2,5-6,17-18,21H,3-4,7-16H2. The molecule has 1 N–H and O–H groups in total. The second kappa shape index (κ2) is 8.99. The lowest BCUT2D eigenvalue weighted by Crippen LogP contribution is -2.55. The number of morpholine rings is 1. The highest BCUT2D eigenvalue weighted by molar-refractivity contribution is 5.82. The normalized spacial score (nSPS) is 27.6. The molecule has 4 heterocycles. The number of amides is 1. The first-order chi connectivity index (χ1) is 13.3. The topological polar surface area (TPSA) is 60.9 Å². The molecule has 0 saturated carbocycles. The fourth-order valence-electron chi connectivity index (χ4n) is 4.42. The molecule has 3 aliphatic heterocycles. The van der Waals surface area contributed by atoms with Crippen molar-refractivity contribution in [2.24, 2.45) is 5.92 Å². The minimum absolute atomic E-state index is 0.153. The third kappa shape index (κ3) is 4.78. The second-order valence-electron chi connectivity index (χ2n) is 7.85. The zero-order chi connectivity index (χ0) is 18.5. The Morgan fingerprint density at radius 2 is 2.11 bits per heavy atom. The van der Waals surface area contributed by atoms with E-state index in [0.717, 1.165) is 64.6 Å². The molecule has 27 heavy (non-hydrogen) atoms. The van der Waals surface area contributed by atoms with Gasteiger partial charge in [-0.2, -0.15) is 0 Å². The number of carbonyl (C=O) groups is 1. The summed E-state index contributed by atoms with van der Waals surface area (Å²) in [4.78, 5) is 24.2. The molecule has 148 valence electrons. The third-order valence-corrected chi connectivity index (χ3v) is 5.91. The summed E-state index contributed by atoms with van der Waals surface area (Å²) in [5.41, 5.74) is 0. The van der Waals surface area contributed by atoms with Crippen LogP contribution in [-0.2, 0) is 9.53 Å². The van der Waals surface area contributed by atoms with Crippen molar-refractivity contribution in [2.45, 2.75) is 18.9 Å². The maximum Gasteiger partial charge on any atom is 0.242 e. The smallest absolute Gasteiger partial charge is 0.242 e. The number of likely N-dealkylation sites (tertiary alicyclic amines) is 1. The van der Waals surface area contributed by atoms with Gasteiger partial charge in [-0.15, -0.1) is 0 Å². The molecule has 1 amide bonds. The first kappa shape index (κ1) is 18.7. The lowest BCUT2D eigenvalue weighted by atomic mass is 9.96. The molecule has 3 fully saturated rings. The molecule has 4 rings (SSSR count). The molecule has 1 aromatic rings. The van der Waals surface area contributed by atoms with Crippen LogP contribution in [0.5, 0.6) is 0 Å². The van der Waals surface area contributed by atoms with Crippen LogP contribution < -0.4 is 10.2 Å². The van der Waals surface area contributed by atoms with Gasteiger partial charge in [0.1, 0.15) is 11.9 Å². The molecule has 0 spiro atoms. The fraction of sp³-hybridized carbons (Fsp3) is 0.700. The van der Waals surface area contributed by atoms with E-state index in [1.807, 2.05) is 12.3 Å². The van der Waals surface area contributed by atoms with Gasteiger partial charge >= 0.3 is 0 Å². The average Bonchev–Trinajstić information content (AvgIpc) is 2.75. The molecule has 3 aliphatic rings. The Hall–Kier alpha value is -1.70. The summed E-state index contributed by atoms with van der Waals surface area (Å²) in [7, 11) is 0. The number of carbonyl (C=O) groups excluding carboxylic acids is 1. The Morgan fingerprint density at radius 1 is 1.22 bits per heavy atom. The predicted octanol–water partition coefficient (Wildman–Crippen LogP) is 0.431.